The van der Waals surface area contributed by atoms with Crippen molar-refractivity contribution in [3.63, 3.8) is 0 Å². The maximum atomic E-state index is 12.1. The zero-order valence-electron chi connectivity index (χ0n) is 12.3. The molecule has 0 aromatic heterocycles. The molecule has 5 heteroatoms. The number of esters is 1. The van der Waals surface area contributed by atoms with Gasteiger partial charge in [0.15, 0.2) is 6.10 Å². The Morgan fingerprint density at radius 2 is 1.62 bits per heavy atom. The predicted molar refractivity (Wildman–Crippen MR) is 76.1 cm³/mol. The normalized spacial score (nSPS) is 24.2. The predicted octanol–water partition coefficient (Wildman–Crippen LogP) is 1.56. The minimum atomic E-state index is -0.822. The molecule has 0 spiro atoms. The van der Waals surface area contributed by atoms with E-state index in [0.717, 1.165) is 0 Å². The Morgan fingerprint density at radius 1 is 1.05 bits per heavy atom. The monoisotopic (exact) mass is 293 g/mol. The van der Waals surface area contributed by atoms with E-state index < -0.39 is 18.0 Å². The maximum absolute atomic E-state index is 12.1. The molecular weight excluding hydrogens is 270 g/mol. The van der Waals surface area contributed by atoms with Gasteiger partial charge in [0.2, 0.25) is 0 Å². The van der Waals surface area contributed by atoms with Crippen LogP contribution in [0, 0.1) is 17.8 Å². The zero-order valence-corrected chi connectivity index (χ0v) is 12.3. The molecule has 0 unspecified atom stereocenters. The van der Waals surface area contributed by atoms with E-state index >= 15 is 0 Å². The third-order valence-electron chi connectivity index (χ3n) is 4.60. The van der Waals surface area contributed by atoms with Crippen molar-refractivity contribution in [3.05, 3.63) is 11.6 Å². The highest BCUT2D eigenvalue weighted by molar-refractivity contribution is 5.87. The molecule has 21 heavy (non-hydrogen) atoms. The SMILES string of the molecule is NC(=O)[C@@H](OC(=O)C=C(C1CC1)C1CC1)C1CCOCC1. The summed E-state index contributed by atoms with van der Waals surface area (Å²) in [7, 11) is 0. The Balaban J connectivity index is 1.62. The summed E-state index contributed by atoms with van der Waals surface area (Å²) in [6, 6.07) is 0. The van der Waals surface area contributed by atoms with E-state index in [2.05, 4.69) is 0 Å². The van der Waals surface area contributed by atoms with E-state index in [4.69, 9.17) is 15.2 Å². The van der Waals surface area contributed by atoms with E-state index in [9.17, 15) is 9.59 Å². The van der Waals surface area contributed by atoms with Gasteiger partial charge in [0.25, 0.3) is 5.91 Å². The molecule has 1 amide bonds. The van der Waals surface area contributed by atoms with Crippen LogP contribution in [0.5, 0.6) is 0 Å². The van der Waals surface area contributed by atoms with Gasteiger partial charge in [0, 0.05) is 25.2 Å². The fourth-order valence-electron chi connectivity index (χ4n) is 3.10. The van der Waals surface area contributed by atoms with E-state index in [1.807, 2.05) is 0 Å². The Kier molecular flexibility index (Phi) is 4.29. The molecule has 1 saturated heterocycles. The summed E-state index contributed by atoms with van der Waals surface area (Å²) >= 11 is 0. The van der Waals surface area contributed by atoms with Crippen LogP contribution in [0.3, 0.4) is 0 Å². The molecule has 1 heterocycles. The number of ether oxygens (including phenoxy) is 2. The first kappa shape index (κ1) is 14.6. The van der Waals surface area contributed by atoms with E-state index in [1.54, 1.807) is 6.08 Å². The van der Waals surface area contributed by atoms with Crippen LogP contribution in [0.25, 0.3) is 0 Å². The largest absolute Gasteiger partial charge is 0.449 e. The number of hydrogen-bond donors (Lipinski definition) is 1. The number of nitrogens with two attached hydrogens (primary N) is 1. The van der Waals surface area contributed by atoms with E-state index in [0.29, 0.717) is 37.9 Å². The van der Waals surface area contributed by atoms with Gasteiger partial charge in [0.05, 0.1) is 0 Å². The second-order valence-corrected chi connectivity index (χ2v) is 6.40. The summed E-state index contributed by atoms with van der Waals surface area (Å²) in [5.74, 6) is 0.168. The van der Waals surface area contributed by atoms with Gasteiger partial charge in [-0.2, -0.15) is 0 Å². The van der Waals surface area contributed by atoms with Crippen molar-refractivity contribution >= 4 is 11.9 Å². The van der Waals surface area contributed by atoms with Crippen molar-refractivity contribution in [1.82, 2.24) is 0 Å². The molecule has 0 bridgehead atoms. The van der Waals surface area contributed by atoms with Crippen molar-refractivity contribution < 1.29 is 19.1 Å². The molecule has 2 N–H and O–H groups in total. The zero-order chi connectivity index (χ0) is 14.8. The Bertz CT molecular complexity index is 431. The fourth-order valence-corrected chi connectivity index (χ4v) is 3.10. The van der Waals surface area contributed by atoms with E-state index in [-0.39, 0.29) is 5.92 Å². The second kappa shape index (κ2) is 6.18. The molecule has 3 rings (SSSR count). The topological polar surface area (TPSA) is 78.6 Å². The third-order valence-corrected chi connectivity index (χ3v) is 4.60. The highest BCUT2D eigenvalue weighted by atomic mass is 16.5. The minimum Gasteiger partial charge on any atom is -0.449 e. The average Bonchev–Trinajstić information content (AvgIpc) is 3.36. The number of primary amides is 1. The molecule has 1 atom stereocenters. The number of carbonyl (C=O) groups excluding carboxylic acids is 2. The van der Waals surface area contributed by atoms with Crippen molar-refractivity contribution in [2.75, 3.05) is 13.2 Å². The molecule has 5 nitrogen and oxygen atoms in total. The summed E-state index contributed by atoms with van der Waals surface area (Å²) in [5, 5.41) is 0. The Labute approximate surface area is 124 Å². The molecule has 116 valence electrons. The van der Waals surface area contributed by atoms with Crippen LogP contribution in [-0.2, 0) is 19.1 Å². The van der Waals surface area contributed by atoms with Crippen LogP contribution in [-0.4, -0.2) is 31.2 Å². The molecule has 1 aliphatic heterocycles. The number of allylic oxidation sites excluding steroid dienone is 1. The smallest absolute Gasteiger partial charge is 0.331 e. The van der Waals surface area contributed by atoms with Gasteiger partial charge >= 0.3 is 5.97 Å². The van der Waals surface area contributed by atoms with Crippen LogP contribution >= 0.6 is 0 Å². The number of rotatable bonds is 6. The highest BCUT2D eigenvalue weighted by Gasteiger charge is 2.37. The molecule has 3 fully saturated rings. The van der Waals surface area contributed by atoms with Crippen molar-refractivity contribution in [2.24, 2.45) is 23.5 Å². The van der Waals surface area contributed by atoms with Crippen LogP contribution in [0.15, 0.2) is 11.6 Å². The first-order valence-corrected chi connectivity index (χ1v) is 7.94. The fraction of sp³-hybridized carbons (Fsp3) is 0.750. The van der Waals surface area contributed by atoms with Crippen LogP contribution < -0.4 is 5.73 Å². The quantitative estimate of drug-likeness (QED) is 0.595. The number of hydrogen-bond acceptors (Lipinski definition) is 4. The van der Waals surface area contributed by atoms with Crippen LogP contribution in [0.1, 0.15) is 38.5 Å². The lowest BCUT2D eigenvalue weighted by atomic mass is 9.93. The van der Waals surface area contributed by atoms with Gasteiger partial charge in [-0.1, -0.05) is 5.57 Å². The van der Waals surface area contributed by atoms with Crippen molar-refractivity contribution in [3.8, 4) is 0 Å². The second-order valence-electron chi connectivity index (χ2n) is 6.40. The summed E-state index contributed by atoms with van der Waals surface area (Å²) in [5.41, 5.74) is 6.64. The average molecular weight is 293 g/mol. The van der Waals surface area contributed by atoms with Gasteiger partial charge in [-0.15, -0.1) is 0 Å². The Hall–Kier alpha value is -1.36. The third kappa shape index (κ3) is 3.84. The number of amides is 1. The lowest BCUT2D eigenvalue weighted by molar-refractivity contribution is -0.155. The first-order chi connectivity index (χ1) is 10.1. The summed E-state index contributed by atoms with van der Waals surface area (Å²) < 4.78 is 10.7. The van der Waals surface area contributed by atoms with Crippen molar-refractivity contribution in [1.29, 1.82) is 0 Å². The van der Waals surface area contributed by atoms with Gasteiger partial charge < -0.3 is 15.2 Å². The van der Waals surface area contributed by atoms with Gasteiger partial charge in [-0.25, -0.2) is 4.79 Å². The molecule has 2 aliphatic carbocycles. The maximum Gasteiger partial charge on any atom is 0.331 e. The standard InChI is InChI=1S/C16H23NO4/c17-16(19)15(12-5-7-20-8-6-12)21-14(18)9-13(10-1-2-10)11-3-4-11/h9-12,15H,1-8H2,(H2,17,19)/t15-/m0/s1. The van der Waals surface area contributed by atoms with Gasteiger partial charge in [0.1, 0.15) is 0 Å². The summed E-state index contributed by atoms with van der Waals surface area (Å²) in [6.45, 7) is 1.19. The molecular formula is C16H23NO4. The molecule has 2 saturated carbocycles. The van der Waals surface area contributed by atoms with Gasteiger partial charge in [-0.3, -0.25) is 4.79 Å². The van der Waals surface area contributed by atoms with Crippen molar-refractivity contribution in [2.45, 2.75) is 44.6 Å². The van der Waals surface area contributed by atoms with Crippen LogP contribution in [0.4, 0.5) is 0 Å². The molecule has 0 aromatic carbocycles. The minimum absolute atomic E-state index is 0.0149. The van der Waals surface area contributed by atoms with Crippen LogP contribution in [0.2, 0.25) is 0 Å². The summed E-state index contributed by atoms with van der Waals surface area (Å²) in [6.07, 6.45) is 6.93. The lowest BCUT2D eigenvalue weighted by Gasteiger charge is -2.27. The van der Waals surface area contributed by atoms with Gasteiger partial charge in [-0.05, 0) is 50.4 Å². The summed E-state index contributed by atoms with van der Waals surface area (Å²) in [4.78, 5) is 23.7. The molecule has 0 aromatic rings. The highest BCUT2D eigenvalue weighted by Crippen LogP contribution is 2.48. The molecule has 0 radical (unpaired) electrons. The number of carbonyl (C=O) groups is 2. The van der Waals surface area contributed by atoms with E-state index in [1.165, 1.54) is 31.3 Å². The molecule has 3 aliphatic rings. The Morgan fingerprint density at radius 3 is 2.10 bits per heavy atom. The lowest BCUT2D eigenvalue weighted by Crippen LogP contribution is -2.41. The first-order valence-electron chi connectivity index (χ1n) is 7.94.